The van der Waals surface area contributed by atoms with Gasteiger partial charge in [0.1, 0.15) is 6.10 Å². The third-order valence-electron chi connectivity index (χ3n) is 4.26. The first-order valence-electron chi connectivity index (χ1n) is 7.52. The molecule has 3 rings (SSSR count). The third kappa shape index (κ3) is 2.84. The van der Waals surface area contributed by atoms with Crippen LogP contribution < -0.4 is 4.90 Å². The van der Waals surface area contributed by atoms with E-state index in [-0.39, 0.29) is 5.91 Å². The molecule has 6 nitrogen and oxygen atoms in total. The number of carboxylic acids is 1. The largest absolute Gasteiger partial charge is 0.479 e. The third-order valence-corrected chi connectivity index (χ3v) is 4.26. The zero-order valence-electron chi connectivity index (χ0n) is 12.6. The van der Waals surface area contributed by atoms with Crippen LogP contribution in [0.2, 0.25) is 0 Å². The lowest BCUT2D eigenvalue weighted by molar-refractivity contribution is -0.151. The van der Waals surface area contributed by atoms with Crippen molar-refractivity contribution < 1.29 is 19.4 Å². The quantitative estimate of drug-likeness (QED) is 0.886. The molecule has 0 unspecified atom stereocenters. The standard InChI is InChI=1S/C16H20N2O4/c1-17-8-9-18(12-5-3-2-4-11(12)10-17)15(19)13-6-7-14(22-13)16(20)21/h2-5,13-14H,6-10H2,1H3,(H,20,21)/t13-,14+/m1/s1. The number of carboxylic acid groups (broad SMARTS) is 1. The zero-order valence-corrected chi connectivity index (χ0v) is 12.6. The van der Waals surface area contributed by atoms with Gasteiger partial charge < -0.3 is 19.6 Å². The normalized spacial score (nSPS) is 25.6. The highest BCUT2D eigenvalue weighted by atomic mass is 16.5. The summed E-state index contributed by atoms with van der Waals surface area (Å²) >= 11 is 0. The molecular weight excluding hydrogens is 284 g/mol. The van der Waals surface area contributed by atoms with Gasteiger partial charge in [0.05, 0.1) is 0 Å². The molecule has 2 aliphatic rings. The second-order valence-corrected chi connectivity index (χ2v) is 5.89. The number of carbonyl (C=O) groups excluding carboxylic acids is 1. The van der Waals surface area contributed by atoms with Crippen LogP contribution in [0.1, 0.15) is 18.4 Å². The minimum absolute atomic E-state index is 0.133. The van der Waals surface area contributed by atoms with Gasteiger partial charge in [0.25, 0.3) is 5.91 Å². The summed E-state index contributed by atoms with van der Waals surface area (Å²) in [6.45, 7) is 2.16. The highest BCUT2D eigenvalue weighted by Crippen LogP contribution is 2.28. The van der Waals surface area contributed by atoms with Crippen molar-refractivity contribution in [3.05, 3.63) is 29.8 Å². The monoisotopic (exact) mass is 304 g/mol. The van der Waals surface area contributed by atoms with Crippen molar-refractivity contribution in [2.75, 3.05) is 25.0 Å². The van der Waals surface area contributed by atoms with E-state index in [2.05, 4.69) is 4.90 Å². The molecule has 0 saturated carbocycles. The van der Waals surface area contributed by atoms with Crippen LogP contribution in [0.5, 0.6) is 0 Å². The summed E-state index contributed by atoms with van der Waals surface area (Å²) in [6.07, 6.45) is -0.665. The van der Waals surface area contributed by atoms with E-state index < -0.39 is 18.2 Å². The van der Waals surface area contributed by atoms with Gasteiger partial charge in [0, 0.05) is 25.3 Å². The Balaban J connectivity index is 1.82. The van der Waals surface area contributed by atoms with Gasteiger partial charge in [-0.3, -0.25) is 4.79 Å². The molecule has 118 valence electrons. The zero-order chi connectivity index (χ0) is 15.7. The van der Waals surface area contributed by atoms with Crippen molar-refractivity contribution in [1.82, 2.24) is 4.90 Å². The van der Waals surface area contributed by atoms with E-state index in [4.69, 9.17) is 9.84 Å². The number of hydrogen-bond donors (Lipinski definition) is 1. The Morgan fingerprint density at radius 3 is 2.64 bits per heavy atom. The molecule has 1 N–H and O–H groups in total. The summed E-state index contributed by atoms with van der Waals surface area (Å²) in [5.41, 5.74) is 2.00. The molecule has 0 bridgehead atoms. The predicted octanol–water partition coefficient (Wildman–Crippen LogP) is 1.10. The summed E-state index contributed by atoms with van der Waals surface area (Å²) in [4.78, 5) is 27.7. The number of likely N-dealkylation sites (N-methyl/N-ethyl adjacent to an activating group) is 1. The van der Waals surface area contributed by atoms with Crippen LogP contribution >= 0.6 is 0 Å². The number of rotatable bonds is 2. The summed E-state index contributed by atoms with van der Waals surface area (Å²) in [5, 5.41) is 9.00. The van der Waals surface area contributed by atoms with Crippen molar-refractivity contribution in [3.63, 3.8) is 0 Å². The molecule has 2 atom stereocenters. The Kier molecular flexibility index (Phi) is 4.13. The van der Waals surface area contributed by atoms with Gasteiger partial charge in [0.15, 0.2) is 6.10 Å². The molecule has 0 radical (unpaired) electrons. The molecule has 1 aromatic rings. The van der Waals surface area contributed by atoms with E-state index in [9.17, 15) is 9.59 Å². The lowest BCUT2D eigenvalue weighted by atomic mass is 10.1. The number of fused-ring (bicyclic) bond motifs is 1. The Morgan fingerprint density at radius 1 is 1.18 bits per heavy atom. The predicted molar refractivity (Wildman–Crippen MR) is 80.7 cm³/mol. The number of nitrogens with zero attached hydrogens (tertiary/aromatic N) is 2. The average molecular weight is 304 g/mol. The number of para-hydroxylation sites is 1. The van der Waals surface area contributed by atoms with Crippen LogP contribution in [0.15, 0.2) is 24.3 Å². The second-order valence-electron chi connectivity index (χ2n) is 5.89. The molecule has 0 spiro atoms. The fourth-order valence-corrected chi connectivity index (χ4v) is 3.07. The molecule has 2 heterocycles. The van der Waals surface area contributed by atoms with Gasteiger partial charge in [-0.2, -0.15) is 0 Å². The molecule has 1 fully saturated rings. The second kappa shape index (κ2) is 6.06. The molecule has 1 saturated heterocycles. The first-order chi connectivity index (χ1) is 10.6. The number of amides is 1. The smallest absolute Gasteiger partial charge is 0.332 e. The van der Waals surface area contributed by atoms with E-state index >= 15 is 0 Å². The van der Waals surface area contributed by atoms with Gasteiger partial charge in [-0.15, -0.1) is 0 Å². The van der Waals surface area contributed by atoms with Gasteiger partial charge in [-0.25, -0.2) is 4.79 Å². The lowest BCUT2D eigenvalue weighted by Crippen LogP contribution is -2.42. The molecule has 0 aliphatic carbocycles. The van der Waals surface area contributed by atoms with Gasteiger partial charge >= 0.3 is 5.97 Å². The van der Waals surface area contributed by atoms with Gasteiger partial charge in [0.2, 0.25) is 0 Å². The maximum Gasteiger partial charge on any atom is 0.332 e. The molecule has 1 amide bonds. The topological polar surface area (TPSA) is 70.1 Å². The summed E-state index contributed by atoms with van der Waals surface area (Å²) in [6, 6.07) is 7.84. The van der Waals surface area contributed by atoms with E-state index in [0.717, 1.165) is 24.3 Å². The summed E-state index contributed by atoms with van der Waals surface area (Å²) in [5.74, 6) is -1.13. The number of ether oxygens (including phenoxy) is 1. The summed E-state index contributed by atoms with van der Waals surface area (Å²) < 4.78 is 5.42. The molecular formula is C16H20N2O4. The number of anilines is 1. The maximum atomic E-state index is 12.8. The van der Waals surface area contributed by atoms with Crippen LogP contribution in [0.4, 0.5) is 5.69 Å². The van der Waals surface area contributed by atoms with Crippen molar-refractivity contribution >= 4 is 17.6 Å². The lowest BCUT2D eigenvalue weighted by Gasteiger charge is -2.25. The number of hydrogen-bond acceptors (Lipinski definition) is 4. The molecule has 22 heavy (non-hydrogen) atoms. The Hall–Kier alpha value is -1.92. The SMILES string of the molecule is CN1CCN(C(=O)[C@H]2CC[C@@H](C(=O)O)O2)c2ccccc2C1. The summed E-state index contributed by atoms with van der Waals surface area (Å²) in [7, 11) is 2.03. The van der Waals surface area contributed by atoms with Crippen LogP contribution in [-0.2, 0) is 20.9 Å². The van der Waals surface area contributed by atoms with Crippen LogP contribution in [0.25, 0.3) is 0 Å². The Bertz CT molecular complexity index is 589. The maximum absolute atomic E-state index is 12.8. The van der Waals surface area contributed by atoms with Crippen LogP contribution in [0, 0.1) is 0 Å². The van der Waals surface area contributed by atoms with Gasteiger partial charge in [-0.1, -0.05) is 18.2 Å². The minimum Gasteiger partial charge on any atom is -0.479 e. The molecule has 2 aliphatic heterocycles. The van der Waals surface area contributed by atoms with E-state index in [0.29, 0.717) is 19.4 Å². The number of carbonyl (C=O) groups is 2. The Morgan fingerprint density at radius 2 is 1.91 bits per heavy atom. The fraction of sp³-hybridized carbons (Fsp3) is 0.500. The van der Waals surface area contributed by atoms with Crippen molar-refractivity contribution in [2.45, 2.75) is 31.6 Å². The van der Waals surface area contributed by atoms with Crippen molar-refractivity contribution in [2.24, 2.45) is 0 Å². The van der Waals surface area contributed by atoms with Crippen molar-refractivity contribution in [3.8, 4) is 0 Å². The van der Waals surface area contributed by atoms with Crippen LogP contribution in [0.3, 0.4) is 0 Å². The highest BCUT2D eigenvalue weighted by molar-refractivity contribution is 5.97. The van der Waals surface area contributed by atoms with Crippen molar-refractivity contribution in [1.29, 1.82) is 0 Å². The van der Waals surface area contributed by atoms with E-state index in [1.54, 1.807) is 4.90 Å². The molecule has 1 aromatic carbocycles. The molecule has 6 heteroatoms. The number of benzene rings is 1. The van der Waals surface area contributed by atoms with Crippen LogP contribution in [-0.4, -0.2) is 54.2 Å². The first kappa shape index (κ1) is 15.0. The highest BCUT2D eigenvalue weighted by Gasteiger charge is 2.38. The van der Waals surface area contributed by atoms with E-state index in [1.165, 1.54) is 0 Å². The first-order valence-corrected chi connectivity index (χ1v) is 7.52. The molecule has 0 aromatic heterocycles. The minimum atomic E-state index is -0.994. The number of aliphatic carboxylic acids is 1. The fourth-order valence-electron chi connectivity index (χ4n) is 3.07. The Labute approximate surface area is 129 Å². The average Bonchev–Trinajstić information content (AvgIpc) is 2.92. The van der Waals surface area contributed by atoms with Gasteiger partial charge in [-0.05, 0) is 31.5 Å². The van der Waals surface area contributed by atoms with E-state index in [1.807, 2.05) is 31.3 Å².